The lowest BCUT2D eigenvalue weighted by molar-refractivity contribution is 0.162. The van der Waals surface area contributed by atoms with Gasteiger partial charge in [0.2, 0.25) is 0 Å². The Morgan fingerprint density at radius 1 is 1.05 bits per heavy atom. The standard InChI is InChI=1S/C19H32N2/c1-14(2)9-11-21(12-10-15(3)4)18-13-16-7-5-6-8-17(16)19(18)20/h5-8,14-15,18-19H,9-13,20H2,1-4H3. The summed E-state index contributed by atoms with van der Waals surface area (Å²) >= 11 is 0. The first-order valence-corrected chi connectivity index (χ1v) is 8.56. The summed E-state index contributed by atoms with van der Waals surface area (Å²) in [6, 6.07) is 9.38. The quantitative estimate of drug-likeness (QED) is 0.821. The van der Waals surface area contributed by atoms with Crippen LogP contribution in [0, 0.1) is 11.8 Å². The minimum atomic E-state index is 0.181. The van der Waals surface area contributed by atoms with Gasteiger partial charge >= 0.3 is 0 Å². The normalized spacial score (nSPS) is 21.5. The second-order valence-electron chi connectivity index (χ2n) is 7.40. The molecule has 0 aromatic heterocycles. The summed E-state index contributed by atoms with van der Waals surface area (Å²) < 4.78 is 0. The lowest BCUT2D eigenvalue weighted by atomic mass is 10.0. The van der Waals surface area contributed by atoms with Gasteiger partial charge in [-0.25, -0.2) is 0 Å². The molecule has 2 heteroatoms. The van der Waals surface area contributed by atoms with Gasteiger partial charge in [0.05, 0.1) is 0 Å². The Hall–Kier alpha value is -0.860. The van der Waals surface area contributed by atoms with E-state index in [1.165, 1.54) is 37.1 Å². The van der Waals surface area contributed by atoms with Crippen LogP contribution in [0.25, 0.3) is 0 Å². The van der Waals surface area contributed by atoms with Crippen molar-refractivity contribution < 1.29 is 0 Å². The number of hydrogen-bond donors (Lipinski definition) is 1. The van der Waals surface area contributed by atoms with Crippen LogP contribution < -0.4 is 5.73 Å². The van der Waals surface area contributed by atoms with Crippen molar-refractivity contribution in [2.24, 2.45) is 17.6 Å². The summed E-state index contributed by atoms with van der Waals surface area (Å²) in [5, 5.41) is 0. The van der Waals surface area contributed by atoms with Gasteiger partial charge in [-0.3, -0.25) is 4.90 Å². The van der Waals surface area contributed by atoms with Gasteiger partial charge in [0.1, 0.15) is 0 Å². The molecule has 1 aromatic rings. The minimum absolute atomic E-state index is 0.181. The van der Waals surface area contributed by atoms with E-state index in [0.29, 0.717) is 6.04 Å². The highest BCUT2D eigenvalue weighted by molar-refractivity contribution is 5.36. The monoisotopic (exact) mass is 288 g/mol. The molecule has 0 fully saturated rings. The van der Waals surface area contributed by atoms with Crippen LogP contribution in [-0.4, -0.2) is 24.0 Å². The molecule has 2 N–H and O–H groups in total. The van der Waals surface area contributed by atoms with Crippen molar-refractivity contribution in [1.82, 2.24) is 4.90 Å². The average molecular weight is 288 g/mol. The van der Waals surface area contributed by atoms with Crippen LogP contribution in [0.5, 0.6) is 0 Å². The Kier molecular flexibility index (Phi) is 5.83. The number of fused-ring (bicyclic) bond motifs is 1. The maximum atomic E-state index is 6.56. The highest BCUT2D eigenvalue weighted by Crippen LogP contribution is 2.33. The van der Waals surface area contributed by atoms with Gasteiger partial charge in [-0.15, -0.1) is 0 Å². The predicted octanol–water partition coefficient (Wildman–Crippen LogP) is 4.01. The number of nitrogens with two attached hydrogens (primary N) is 1. The van der Waals surface area contributed by atoms with Crippen molar-refractivity contribution in [1.29, 1.82) is 0 Å². The largest absolute Gasteiger partial charge is 0.323 e. The lowest BCUT2D eigenvalue weighted by Gasteiger charge is -2.33. The van der Waals surface area contributed by atoms with Gasteiger partial charge in [-0.1, -0.05) is 52.0 Å². The zero-order chi connectivity index (χ0) is 15.4. The number of benzene rings is 1. The van der Waals surface area contributed by atoms with Crippen LogP contribution in [0.15, 0.2) is 24.3 Å². The molecule has 0 saturated heterocycles. The molecule has 0 aliphatic heterocycles. The van der Waals surface area contributed by atoms with Crippen molar-refractivity contribution in [2.75, 3.05) is 13.1 Å². The van der Waals surface area contributed by atoms with Crippen LogP contribution >= 0.6 is 0 Å². The molecule has 0 radical (unpaired) electrons. The summed E-state index contributed by atoms with van der Waals surface area (Å²) in [6.45, 7) is 11.6. The first-order chi connectivity index (χ1) is 9.99. The van der Waals surface area contributed by atoms with Gasteiger partial charge in [0.25, 0.3) is 0 Å². The van der Waals surface area contributed by atoms with E-state index in [-0.39, 0.29) is 6.04 Å². The Morgan fingerprint density at radius 2 is 1.62 bits per heavy atom. The third-order valence-electron chi connectivity index (χ3n) is 4.71. The van der Waals surface area contributed by atoms with Crippen LogP contribution in [-0.2, 0) is 6.42 Å². The smallest absolute Gasteiger partial charge is 0.0459 e. The topological polar surface area (TPSA) is 29.3 Å². The molecule has 1 aliphatic rings. The highest BCUT2D eigenvalue weighted by Gasteiger charge is 2.33. The molecule has 0 heterocycles. The van der Waals surface area contributed by atoms with E-state index >= 15 is 0 Å². The molecule has 0 spiro atoms. The summed E-state index contributed by atoms with van der Waals surface area (Å²) in [5.41, 5.74) is 9.38. The Morgan fingerprint density at radius 3 is 2.14 bits per heavy atom. The van der Waals surface area contributed by atoms with E-state index in [1.807, 2.05) is 0 Å². The van der Waals surface area contributed by atoms with Crippen molar-refractivity contribution in [3.05, 3.63) is 35.4 Å². The average Bonchev–Trinajstić information content (AvgIpc) is 2.76. The zero-order valence-corrected chi connectivity index (χ0v) is 14.2. The lowest BCUT2D eigenvalue weighted by Crippen LogP contribution is -2.42. The molecule has 2 nitrogen and oxygen atoms in total. The van der Waals surface area contributed by atoms with E-state index < -0.39 is 0 Å². The fraction of sp³-hybridized carbons (Fsp3) is 0.684. The maximum Gasteiger partial charge on any atom is 0.0459 e. The second kappa shape index (κ2) is 7.42. The van der Waals surface area contributed by atoms with Gasteiger partial charge < -0.3 is 5.73 Å². The van der Waals surface area contributed by atoms with E-state index in [2.05, 4.69) is 56.9 Å². The minimum Gasteiger partial charge on any atom is -0.323 e. The first kappa shape index (κ1) is 16.5. The van der Waals surface area contributed by atoms with E-state index in [1.54, 1.807) is 0 Å². The molecule has 0 bridgehead atoms. The molecular formula is C19H32N2. The van der Waals surface area contributed by atoms with Crippen LogP contribution in [0.3, 0.4) is 0 Å². The predicted molar refractivity (Wildman–Crippen MR) is 91.3 cm³/mol. The summed E-state index contributed by atoms with van der Waals surface area (Å²) in [7, 11) is 0. The molecule has 2 rings (SSSR count). The van der Waals surface area contributed by atoms with Crippen LogP contribution in [0.1, 0.15) is 57.7 Å². The first-order valence-electron chi connectivity index (χ1n) is 8.56. The van der Waals surface area contributed by atoms with Gasteiger partial charge in [0.15, 0.2) is 0 Å². The number of hydrogen-bond acceptors (Lipinski definition) is 2. The van der Waals surface area contributed by atoms with Crippen LogP contribution in [0.4, 0.5) is 0 Å². The summed E-state index contributed by atoms with van der Waals surface area (Å²) in [4.78, 5) is 2.66. The van der Waals surface area contributed by atoms with E-state index in [9.17, 15) is 0 Å². The molecule has 2 unspecified atom stereocenters. The number of rotatable bonds is 7. The van der Waals surface area contributed by atoms with E-state index in [4.69, 9.17) is 5.73 Å². The molecule has 118 valence electrons. The molecule has 21 heavy (non-hydrogen) atoms. The SMILES string of the molecule is CC(C)CCN(CCC(C)C)C1Cc2ccccc2C1N. The summed E-state index contributed by atoms with van der Waals surface area (Å²) in [6.07, 6.45) is 3.64. The molecule has 0 saturated carbocycles. The van der Waals surface area contributed by atoms with Crippen molar-refractivity contribution in [2.45, 2.75) is 59.0 Å². The Bertz CT molecular complexity index is 427. The third-order valence-corrected chi connectivity index (χ3v) is 4.71. The fourth-order valence-corrected chi connectivity index (χ4v) is 3.25. The number of nitrogens with zero attached hydrogens (tertiary/aromatic N) is 1. The van der Waals surface area contributed by atoms with Crippen molar-refractivity contribution >= 4 is 0 Å². The van der Waals surface area contributed by atoms with E-state index in [0.717, 1.165) is 18.3 Å². The van der Waals surface area contributed by atoms with Crippen LogP contribution in [0.2, 0.25) is 0 Å². The van der Waals surface area contributed by atoms with Gasteiger partial charge in [-0.2, -0.15) is 0 Å². The third kappa shape index (κ3) is 4.31. The van der Waals surface area contributed by atoms with Crippen molar-refractivity contribution in [3.8, 4) is 0 Å². The molecular weight excluding hydrogens is 256 g/mol. The second-order valence-corrected chi connectivity index (χ2v) is 7.40. The van der Waals surface area contributed by atoms with Gasteiger partial charge in [0, 0.05) is 12.1 Å². The van der Waals surface area contributed by atoms with Gasteiger partial charge in [-0.05, 0) is 55.3 Å². The Balaban J connectivity index is 2.06. The van der Waals surface area contributed by atoms with Crippen molar-refractivity contribution in [3.63, 3.8) is 0 Å². The molecule has 0 amide bonds. The fourth-order valence-electron chi connectivity index (χ4n) is 3.25. The molecule has 1 aromatic carbocycles. The zero-order valence-electron chi connectivity index (χ0n) is 14.2. The maximum absolute atomic E-state index is 6.56. The Labute approximate surface area is 130 Å². The molecule has 2 atom stereocenters. The molecule has 1 aliphatic carbocycles. The highest BCUT2D eigenvalue weighted by atomic mass is 15.2. The summed E-state index contributed by atoms with van der Waals surface area (Å²) in [5.74, 6) is 1.51.